The summed E-state index contributed by atoms with van der Waals surface area (Å²) in [4.78, 5) is 22.5. The first-order chi connectivity index (χ1) is 7.17. The summed E-state index contributed by atoms with van der Waals surface area (Å²) in [5.74, 6) is -0.220. The number of hydrogen-bond acceptors (Lipinski definition) is 4. The van der Waals surface area contributed by atoms with Gasteiger partial charge in [0.25, 0.3) is 0 Å². The number of aliphatic hydroxyl groups excluding tert-OH is 1. The average Bonchev–Trinajstić information content (AvgIpc) is 2.10. The quantitative estimate of drug-likeness (QED) is 0.710. The molecular formula is C11H21NO4. The second-order valence-electron chi connectivity index (χ2n) is 5.10. The van der Waals surface area contributed by atoms with Gasteiger partial charge in [-0.3, -0.25) is 0 Å². The van der Waals surface area contributed by atoms with E-state index in [1.807, 2.05) is 0 Å². The first-order valence-corrected chi connectivity index (χ1v) is 5.25. The number of ether oxygens (including phenoxy) is 1. The van der Waals surface area contributed by atoms with Gasteiger partial charge >= 0.3 is 6.09 Å². The molecule has 94 valence electrons. The van der Waals surface area contributed by atoms with E-state index in [1.165, 1.54) is 0 Å². The number of alkyl carbamates (subject to hydrolysis) is 1. The van der Waals surface area contributed by atoms with Crippen molar-refractivity contribution in [3.63, 3.8) is 0 Å². The van der Waals surface area contributed by atoms with Gasteiger partial charge in [-0.2, -0.15) is 0 Å². The molecule has 0 radical (unpaired) electrons. The molecule has 0 aliphatic rings. The Hall–Kier alpha value is -1.10. The summed E-state index contributed by atoms with van der Waals surface area (Å²) in [5, 5.41) is 11.6. The molecule has 0 bridgehead atoms. The van der Waals surface area contributed by atoms with Gasteiger partial charge < -0.3 is 20.0 Å². The normalized spacial score (nSPS) is 15.4. The van der Waals surface area contributed by atoms with Gasteiger partial charge in [0.05, 0.1) is 6.61 Å². The van der Waals surface area contributed by atoms with Crippen LogP contribution in [-0.4, -0.2) is 35.2 Å². The van der Waals surface area contributed by atoms with Crippen molar-refractivity contribution in [2.45, 2.75) is 45.8 Å². The first kappa shape index (κ1) is 14.9. The van der Waals surface area contributed by atoms with Gasteiger partial charge in [0.1, 0.15) is 17.4 Å². The zero-order valence-electron chi connectivity index (χ0n) is 10.5. The Bertz CT molecular complexity index is 257. The monoisotopic (exact) mass is 231 g/mol. The molecule has 1 amide bonds. The fourth-order valence-corrected chi connectivity index (χ4v) is 1.06. The van der Waals surface area contributed by atoms with E-state index < -0.39 is 23.8 Å². The van der Waals surface area contributed by atoms with Crippen molar-refractivity contribution in [3.05, 3.63) is 0 Å². The number of carbonyl (C=O) groups is 2. The van der Waals surface area contributed by atoms with Crippen LogP contribution in [0.4, 0.5) is 4.79 Å². The van der Waals surface area contributed by atoms with Crippen molar-refractivity contribution >= 4 is 12.4 Å². The van der Waals surface area contributed by atoms with Crippen LogP contribution in [-0.2, 0) is 9.53 Å². The van der Waals surface area contributed by atoms with Gasteiger partial charge in [-0.05, 0) is 26.7 Å². The molecule has 0 saturated heterocycles. The minimum atomic E-state index is -1.28. The van der Waals surface area contributed by atoms with Gasteiger partial charge in [-0.25, -0.2) is 4.79 Å². The van der Waals surface area contributed by atoms with Gasteiger partial charge in [0.15, 0.2) is 0 Å². The second kappa shape index (κ2) is 5.30. The van der Waals surface area contributed by atoms with Crippen molar-refractivity contribution < 1.29 is 19.4 Å². The summed E-state index contributed by atoms with van der Waals surface area (Å²) in [6.07, 6.45) is -0.163. The van der Waals surface area contributed by atoms with Crippen molar-refractivity contribution in [1.82, 2.24) is 5.32 Å². The summed E-state index contributed by atoms with van der Waals surface area (Å²) in [6, 6.07) is 0. The molecule has 5 heteroatoms. The van der Waals surface area contributed by atoms with Crippen LogP contribution in [0.2, 0.25) is 0 Å². The third-order valence-electron chi connectivity index (χ3n) is 2.24. The number of hydrogen-bond donors (Lipinski definition) is 2. The molecule has 0 saturated carbocycles. The molecule has 16 heavy (non-hydrogen) atoms. The van der Waals surface area contributed by atoms with Crippen LogP contribution in [0.1, 0.15) is 34.6 Å². The van der Waals surface area contributed by atoms with Crippen LogP contribution in [0.3, 0.4) is 0 Å². The SMILES string of the molecule is CC(C)[C@](C=O)(CO)NC(=O)OC(C)(C)C. The maximum absolute atomic E-state index is 11.5. The summed E-state index contributed by atoms with van der Waals surface area (Å²) in [7, 11) is 0. The topological polar surface area (TPSA) is 75.6 Å². The van der Waals surface area contributed by atoms with Crippen LogP contribution in [0, 0.1) is 5.92 Å². The number of rotatable bonds is 4. The highest BCUT2D eigenvalue weighted by atomic mass is 16.6. The minimum Gasteiger partial charge on any atom is -0.444 e. The maximum Gasteiger partial charge on any atom is 0.408 e. The Kier molecular flexibility index (Phi) is 4.93. The predicted octanol–water partition coefficient (Wildman–Crippen LogP) is 1.10. The zero-order chi connectivity index (χ0) is 13.0. The van der Waals surface area contributed by atoms with Gasteiger partial charge in [-0.1, -0.05) is 13.8 Å². The average molecular weight is 231 g/mol. The molecule has 0 unspecified atom stereocenters. The fraction of sp³-hybridized carbons (Fsp3) is 0.818. The standard InChI is InChI=1S/C11H21NO4/c1-8(2)11(6-13,7-14)12-9(15)16-10(3,4)5/h6,8,14H,7H2,1-5H3,(H,12,15)/t11-/m0/s1. The molecule has 1 atom stereocenters. The molecule has 0 aliphatic carbocycles. The predicted molar refractivity (Wildman–Crippen MR) is 60.1 cm³/mol. The molecule has 0 aromatic heterocycles. The number of carbonyl (C=O) groups excluding carboxylic acids is 2. The highest BCUT2D eigenvalue weighted by Crippen LogP contribution is 2.15. The number of amides is 1. The smallest absolute Gasteiger partial charge is 0.408 e. The Morgan fingerprint density at radius 3 is 2.19 bits per heavy atom. The van der Waals surface area contributed by atoms with E-state index in [2.05, 4.69) is 5.32 Å². The Labute approximate surface area is 96.2 Å². The third-order valence-corrected chi connectivity index (χ3v) is 2.24. The molecule has 0 heterocycles. The molecule has 2 N–H and O–H groups in total. The highest BCUT2D eigenvalue weighted by molar-refractivity contribution is 5.77. The summed E-state index contributed by atoms with van der Waals surface area (Å²) in [5.41, 5.74) is -1.91. The van der Waals surface area contributed by atoms with E-state index in [4.69, 9.17) is 4.74 Å². The van der Waals surface area contributed by atoms with E-state index >= 15 is 0 Å². The second-order valence-corrected chi connectivity index (χ2v) is 5.10. The molecular weight excluding hydrogens is 210 g/mol. The molecule has 0 fully saturated rings. The number of aliphatic hydroxyl groups is 1. The summed E-state index contributed by atoms with van der Waals surface area (Å²) in [6.45, 7) is 8.20. The summed E-state index contributed by atoms with van der Waals surface area (Å²) < 4.78 is 5.03. The van der Waals surface area contributed by atoms with Crippen LogP contribution in [0.15, 0.2) is 0 Å². The van der Waals surface area contributed by atoms with Crippen molar-refractivity contribution in [1.29, 1.82) is 0 Å². The van der Waals surface area contributed by atoms with E-state index in [0.29, 0.717) is 6.29 Å². The molecule has 0 rings (SSSR count). The van der Waals surface area contributed by atoms with Crippen LogP contribution >= 0.6 is 0 Å². The van der Waals surface area contributed by atoms with Crippen molar-refractivity contribution in [2.24, 2.45) is 5.92 Å². The van der Waals surface area contributed by atoms with Crippen LogP contribution in [0.25, 0.3) is 0 Å². The zero-order valence-corrected chi connectivity index (χ0v) is 10.5. The minimum absolute atomic E-state index is 0.220. The van der Waals surface area contributed by atoms with Crippen LogP contribution in [0.5, 0.6) is 0 Å². The lowest BCUT2D eigenvalue weighted by Gasteiger charge is -2.32. The van der Waals surface area contributed by atoms with E-state index in [0.717, 1.165) is 0 Å². The van der Waals surface area contributed by atoms with E-state index in [-0.39, 0.29) is 5.92 Å². The highest BCUT2D eigenvalue weighted by Gasteiger charge is 2.36. The maximum atomic E-state index is 11.5. The molecule has 0 aromatic carbocycles. The molecule has 0 aliphatic heterocycles. The molecule has 5 nitrogen and oxygen atoms in total. The number of nitrogens with one attached hydrogen (secondary N) is 1. The van der Waals surface area contributed by atoms with E-state index in [9.17, 15) is 14.7 Å². The van der Waals surface area contributed by atoms with Gasteiger partial charge in [0.2, 0.25) is 0 Å². The first-order valence-electron chi connectivity index (χ1n) is 5.25. The Balaban J connectivity index is 4.65. The van der Waals surface area contributed by atoms with Gasteiger partial charge in [-0.15, -0.1) is 0 Å². The lowest BCUT2D eigenvalue weighted by molar-refractivity contribution is -0.116. The fourth-order valence-electron chi connectivity index (χ4n) is 1.06. The largest absolute Gasteiger partial charge is 0.444 e. The third kappa shape index (κ3) is 4.18. The summed E-state index contributed by atoms with van der Waals surface area (Å²) >= 11 is 0. The Morgan fingerprint density at radius 1 is 1.44 bits per heavy atom. The van der Waals surface area contributed by atoms with Crippen molar-refractivity contribution in [2.75, 3.05) is 6.61 Å². The lowest BCUT2D eigenvalue weighted by atomic mass is 9.89. The Morgan fingerprint density at radius 2 is 1.94 bits per heavy atom. The lowest BCUT2D eigenvalue weighted by Crippen LogP contribution is -2.57. The molecule has 0 spiro atoms. The van der Waals surface area contributed by atoms with Crippen molar-refractivity contribution in [3.8, 4) is 0 Å². The van der Waals surface area contributed by atoms with E-state index in [1.54, 1.807) is 34.6 Å². The molecule has 0 aromatic rings. The van der Waals surface area contributed by atoms with Gasteiger partial charge in [0, 0.05) is 0 Å². The van der Waals surface area contributed by atoms with Crippen LogP contribution < -0.4 is 5.32 Å². The number of aldehydes is 1.